The number of halogens is 3. The van der Waals surface area contributed by atoms with Gasteiger partial charge >= 0.3 is 11.4 Å². The molecule has 2 aromatic rings. The van der Waals surface area contributed by atoms with E-state index in [4.69, 9.17) is 0 Å². The number of rotatable bonds is 5. The molecule has 1 aromatic heterocycles. The van der Waals surface area contributed by atoms with E-state index in [1.54, 1.807) is 0 Å². The van der Waals surface area contributed by atoms with Crippen molar-refractivity contribution in [2.75, 3.05) is 5.32 Å². The van der Waals surface area contributed by atoms with E-state index in [2.05, 4.69) is 26.8 Å². The van der Waals surface area contributed by atoms with E-state index in [1.807, 2.05) is 0 Å². The summed E-state index contributed by atoms with van der Waals surface area (Å²) in [5, 5.41) is 16.6. The molecule has 122 valence electrons. The normalized spacial score (nSPS) is 11.1. The van der Waals surface area contributed by atoms with Gasteiger partial charge in [-0.1, -0.05) is 0 Å². The third-order valence-electron chi connectivity index (χ3n) is 2.63. The fraction of sp³-hybridized carbons (Fsp3) is 0.167. The second-order valence-corrected chi connectivity index (χ2v) is 4.73. The van der Waals surface area contributed by atoms with Crippen molar-refractivity contribution in [3.8, 4) is 5.75 Å². The van der Waals surface area contributed by atoms with Crippen LogP contribution < -0.4 is 10.1 Å². The number of nitrogens with zero attached hydrogens (tertiary/aromatic N) is 3. The summed E-state index contributed by atoms with van der Waals surface area (Å²) in [6, 6.07) is 5.98. The van der Waals surface area contributed by atoms with E-state index in [1.165, 1.54) is 31.3 Å². The SMILES string of the molecule is Cn1nc([N+](=O)[O-])cc1C(=O)Nc1ccc(OC(F)(F)Cl)cc1. The molecule has 0 saturated heterocycles. The minimum atomic E-state index is -3.83. The molecule has 2 rings (SSSR count). The van der Waals surface area contributed by atoms with Crippen LogP contribution in [0.5, 0.6) is 5.75 Å². The van der Waals surface area contributed by atoms with Crippen molar-refractivity contribution >= 4 is 29.0 Å². The van der Waals surface area contributed by atoms with Crippen LogP contribution in [0, 0.1) is 10.1 Å². The van der Waals surface area contributed by atoms with E-state index in [0.29, 0.717) is 0 Å². The second-order valence-electron chi connectivity index (χ2n) is 4.29. The predicted molar refractivity (Wildman–Crippen MR) is 75.7 cm³/mol. The van der Waals surface area contributed by atoms with Gasteiger partial charge in [-0.15, -0.1) is 8.78 Å². The Labute approximate surface area is 132 Å². The molecule has 0 radical (unpaired) electrons. The van der Waals surface area contributed by atoms with Gasteiger partial charge in [0.05, 0.1) is 18.2 Å². The highest BCUT2D eigenvalue weighted by Gasteiger charge is 2.27. The van der Waals surface area contributed by atoms with Crippen LogP contribution in [-0.4, -0.2) is 26.2 Å². The lowest BCUT2D eigenvalue weighted by Gasteiger charge is -2.11. The van der Waals surface area contributed by atoms with Crippen LogP contribution in [0.25, 0.3) is 0 Å². The van der Waals surface area contributed by atoms with Gasteiger partial charge < -0.3 is 20.2 Å². The molecule has 1 aromatic carbocycles. The highest BCUT2D eigenvalue weighted by atomic mass is 35.5. The molecule has 1 amide bonds. The molecule has 23 heavy (non-hydrogen) atoms. The maximum atomic E-state index is 12.5. The number of hydrogen-bond acceptors (Lipinski definition) is 5. The zero-order chi connectivity index (χ0) is 17.2. The number of nitrogens with one attached hydrogen (secondary N) is 1. The average Bonchev–Trinajstić information content (AvgIpc) is 2.82. The van der Waals surface area contributed by atoms with Gasteiger partial charge in [-0.2, -0.15) is 4.68 Å². The molecule has 0 bridgehead atoms. The van der Waals surface area contributed by atoms with E-state index in [9.17, 15) is 23.7 Å². The minimum Gasteiger partial charge on any atom is -0.420 e. The molecule has 1 N–H and O–H groups in total. The quantitative estimate of drug-likeness (QED) is 0.510. The van der Waals surface area contributed by atoms with Crippen molar-refractivity contribution in [3.05, 3.63) is 46.1 Å². The monoisotopic (exact) mass is 346 g/mol. The molecular weight excluding hydrogens is 338 g/mol. The van der Waals surface area contributed by atoms with Crippen molar-refractivity contribution in [2.45, 2.75) is 5.57 Å². The fourth-order valence-corrected chi connectivity index (χ4v) is 1.78. The van der Waals surface area contributed by atoms with Crippen LogP contribution in [0.1, 0.15) is 10.5 Å². The number of aryl methyl sites for hydroxylation is 1. The molecule has 0 saturated carbocycles. The standard InChI is InChI=1S/C12H9ClF2N4O4/c1-18-9(6-10(17-18)19(21)22)11(20)16-7-2-4-8(5-3-7)23-12(13,14)15/h2-6H,1H3,(H,16,20). The van der Waals surface area contributed by atoms with E-state index < -0.39 is 22.2 Å². The second kappa shape index (κ2) is 6.16. The Bertz CT molecular complexity index is 743. The number of ether oxygens (including phenoxy) is 1. The van der Waals surface area contributed by atoms with Crippen molar-refractivity contribution in [1.29, 1.82) is 0 Å². The summed E-state index contributed by atoms with van der Waals surface area (Å²) in [5.41, 5.74) is -3.60. The third kappa shape index (κ3) is 4.36. The molecule has 0 aliphatic carbocycles. The van der Waals surface area contributed by atoms with Gasteiger partial charge in [0.25, 0.3) is 5.91 Å². The number of carbonyl (C=O) groups excluding carboxylic acids is 1. The molecule has 0 aliphatic rings. The largest absolute Gasteiger partial charge is 0.487 e. The number of aromatic nitrogens is 2. The van der Waals surface area contributed by atoms with Crippen LogP contribution in [0.2, 0.25) is 0 Å². The number of nitro groups is 1. The van der Waals surface area contributed by atoms with E-state index in [0.717, 1.165) is 10.7 Å². The molecule has 0 spiro atoms. The Hall–Kier alpha value is -2.75. The first-order chi connectivity index (χ1) is 10.7. The first-order valence-corrected chi connectivity index (χ1v) is 6.39. The number of amides is 1. The van der Waals surface area contributed by atoms with Gasteiger partial charge in [0, 0.05) is 17.3 Å². The molecule has 0 atom stereocenters. The van der Waals surface area contributed by atoms with Crippen LogP contribution in [0.4, 0.5) is 20.3 Å². The number of carbonyl (C=O) groups is 1. The van der Waals surface area contributed by atoms with Gasteiger partial charge in [0.1, 0.15) is 5.75 Å². The molecule has 0 unspecified atom stereocenters. The molecule has 8 nitrogen and oxygen atoms in total. The highest BCUT2D eigenvalue weighted by molar-refractivity contribution is 6.20. The Morgan fingerprint density at radius 2 is 2.04 bits per heavy atom. The van der Waals surface area contributed by atoms with Crippen molar-refractivity contribution in [2.24, 2.45) is 7.05 Å². The first kappa shape index (κ1) is 16.6. The summed E-state index contributed by atoms with van der Waals surface area (Å²) in [5.74, 6) is -1.31. The van der Waals surface area contributed by atoms with E-state index >= 15 is 0 Å². The summed E-state index contributed by atoms with van der Waals surface area (Å²) in [4.78, 5) is 21.9. The smallest absolute Gasteiger partial charge is 0.420 e. The maximum Gasteiger partial charge on any atom is 0.487 e. The Kier molecular flexibility index (Phi) is 4.45. The summed E-state index contributed by atoms with van der Waals surface area (Å²) in [7, 11) is 1.38. The lowest BCUT2D eigenvalue weighted by atomic mass is 10.3. The summed E-state index contributed by atoms with van der Waals surface area (Å²) < 4.78 is 30.1. The topological polar surface area (TPSA) is 99.3 Å². The zero-order valence-corrected chi connectivity index (χ0v) is 12.3. The number of anilines is 1. The van der Waals surface area contributed by atoms with Crippen molar-refractivity contribution in [3.63, 3.8) is 0 Å². The fourth-order valence-electron chi connectivity index (χ4n) is 1.69. The Balaban J connectivity index is 2.10. The first-order valence-electron chi connectivity index (χ1n) is 6.01. The van der Waals surface area contributed by atoms with Crippen LogP contribution in [-0.2, 0) is 7.05 Å². The van der Waals surface area contributed by atoms with Gasteiger partial charge in [-0.25, -0.2) is 0 Å². The molecule has 0 aliphatic heterocycles. The van der Waals surface area contributed by atoms with Gasteiger partial charge in [-0.05, 0) is 29.2 Å². The van der Waals surface area contributed by atoms with Crippen molar-refractivity contribution < 1.29 is 23.2 Å². The van der Waals surface area contributed by atoms with Gasteiger partial charge in [0.15, 0.2) is 5.69 Å². The van der Waals surface area contributed by atoms with Crippen LogP contribution in [0.3, 0.4) is 0 Å². The summed E-state index contributed by atoms with van der Waals surface area (Å²) >= 11 is 4.63. The predicted octanol–water partition coefficient (Wildman–Crippen LogP) is 2.75. The molecule has 0 fully saturated rings. The summed E-state index contributed by atoms with van der Waals surface area (Å²) in [6.07, 6.45) is 0. The van der Waals surface area contributed by atoms with Gasteiger partial charge in [-0.3, -0.25) is 4.79 Å². The maximum absolute atomic E-state index is 12.5. The zero-order valence-electron chi connectivity index (χ0n) is 11.5. The Morgan fingerprint density at radius 3 is 2.52 bits per heavy atom. The lowest BCUT2D eigenvalue weighted by Crippen LogP contribution is -2.17. The minimum absolute atomic E-state index is 0.0377. The molecular formula is C12H9ClF2N4O4. The molecule has 1 heterocycles. The lowest BCUT2D eigenvalue weighted by molar-refractivity contribution is -0.389. The number of alkyl halides is 3. The number of benzene rings is 1. The number of hydrogen-bond donors (Lipinski definition) is 1. The molecule has 11 heteroatoms. The average molecular weight is 347 g/mol. The Morgan fingerprint density at radius 1 is 1.43 bits per heavy atom. The highest BCUT2D eigenvalue weighted by Crippen LogP contribution is 2.26. The van der Waals surface area contributed by atoms with Crippen molar-refractivity contribution in [1.82, 2.24) is 9.78 Å². The van der Waals surface area contributed by atoms with Gasteiger partial charge in [0.2, 0.25) is 0 Å². The summed E-state index contributed by atoms with van der Waals surface area (Å²) in [6.45, 7) is 0. The third-order valence-corrected chi connectivity index (χ3v) is 2.71. The van der Waals surface area contributed by atoms with E-state index in [-0.39, 0.29) is 17.1 Å². The van der Waals surface area contributed by atoms with Crippen LogP contribution in [0.15, 0.2) is 30.3 Å². The van der Waals surface area contributed by atoms with Crippen LogP contribution >= 0.6 is 11.6 Å².